The second kappa shape index (κ2) is 9.12. The van der Waals surface area contributed by atoms with E-state index in [-0.39, 0.29) is 36.9 Å². The molecule has 0 aromatic heterocycles. The van der Waals surface area contributed by atoms with Crippen LogP contribution in [0, 0.1) is 11.3 Å². The summed E-state index contributed by atoms with van der Waals surface area (Å²) in [7, 11) is 0. The Labute approximate surface area is 198 Å². The van der Waals surface area contributed by atoms with Gasteiger partial charge in [-0.2, -0.15) is 0 Å². The summed E-state index contributed by atoms with van der Waals surface area (Å²) in [6, 6.07) is 16.3. The summed E-state index contributed by atoms with van der Waals surface area (Å²) in [6.45, 7) is 0.440. The number of carbonyl (C=O) groups is 3. The zero-order chi connectivity index (χ0) is 23.7. The van der Waals surface area contributed by atoms with Gasteiger partial charge in [0.05, 0.1) is 5.41 Å². The van der Waals surface area contributed by atoms with Gasteiger partial charge >= 0.3 is 12.1 Å². The van der Waals surface area contributed by atoms with E-state index < -0.39 is 17.5 Å². The average molecular weight is 463 g/mol. The maximum atomic E-state index is 12.6. The molecule has 2 aromatic rings. The van der Waals surface area contributed by atoms with Crippen LogP contribution < -0.4 is 10.6 Å². The molecule has 2 fully saturated rings. The molecule has 3 aliphatic carbocycles. The number of rotatable bonds is 7. The second-order valence-electron chi connectivity index (χ2n) is 9.83. The lowest BCUT2D eigenvalue weighted by Crippen LogP contribution is -2.44. The lowest BCUT2D eigenvalue weighted by atomic mass is 9.85. The van der Waals surface area contributed by atoms with Crippen LogP contribution in [0.15, 0.2) is 48.5 Å². The normalized spacial score (nSPS) is 22.2. The number of aliphatic carboxylic acids is 1. The van der Waals surface area contributed by atoms with Crippen molar-refractivity contribution in [3.63, 3.8) is 0 Å². The Morgan fingerprint density at radius 2 is 1.62 bits per heavy atom. The third-order valence-electron chi connectivity index (χ3n) is 7.62. The molecule has 2 aromatic carbocycles. The van der Waals surface area contributed by atoms with Crippen molar-refractivity contribution in [2.24, 2.45) is 11.3 Å². The summed E-state index contributed by atoms with van der Waals surface area (Å²) in [6.07, 6.45) is 3.67. The van der Waals surface area contributed by atoms with Crippen LogP contribution in [0.3, 0.4) is 0 Å². The van der Waals surface area contributed by atoms with Gasteiger partial charge in [0.1, 0.15) is 6.61 Å². The fourth-order valence-electron chi connectivity index (χ4n) is 5.38. The van der Waals surface area contributed by atoms with Crippen molar-refractivity contribution in [2.75, 3.05) is 13.2 Å². The summed E-state index contributed by atoms with van der Waals surface area (Å²) in [5.41, 5.74) is 3.93. The van der Waals surface area contributed by atoms with Crippen molar-refractivity contribution in [1.29, 1.82) is 0 Å². The van der Waals surface area contributed by atoms with Gasteiger partial charge in [0, 0.05) is 24.4 Å². The SMILES string of the molecule is O=C(N[C@H]1CCC[C@@H](C(=O)NCC2(C(=O)O)CC2)C1)OCC1c2ccccc2-c2ccccc21. The van der Waals surface area contributed by atoms with Crippen LogP contribution in [0.4, 0.5) is 4.79 Å². The van der Waals surface area contributed by atoms with Crippen molar-refractivity contribution < 1.29 is 24.2 Å². The number of carboxylic acid groups (broad SMARTS) is 1. The van der Waals surface area contributed by atoms with Gasteiger partial charge in [-0.25, -0.2) is 4.79 Å². The first-order valence-electron chi connectivity index (χ1n) is 12.1. The van der Waals surface area contributed by atoms with E-state index in [1.807, 2.05) is 24.3 Å². The first-order valence-corrected chi connectivity index (χ1v) is 12.1. The average Bonchev–Trinajstić information content (AvgIpc) is 3.58. The first-order chi connectivity index (χ1) is 16.5. The van der Waals surface area contributed by atoms with Crippen molar-refractivity contribution in [3.8, 4) is 11.1 Å². The largest absolute Gasteiger partial charge is 0.481 e. The molecule has 0 unspecified atom stereocenters. The second-order valence-corrected chi connectivity index (χ2v) is 9.83. The van der Waals surface area contributed by atoms with E-state index >= 15 is 0 Å². The van der Waals surface area contributed by atoms with Gasteiger partial charge in [0.25, 0.3) is 0 Å². The number of amides is 2. The minimum Gasteiger partial charge on any atom is -0.481 e. The van der Waals surface area contributed by atoms with Crippen LogP contribution in [-0.2, 0) is 14.3 Å². The number of benzene rings is 2. The highest BCUT2D eigenvalue weighted by molar-refractivity contribution is 5.82. The molecule has 0 radical (unpaired) electrons. The number of nitrogens with one attached hydrogen (secondary N) is 2. The number of ether oxygens (including phenoxy) is 1. The Kier molecular flexibility index (Phi) is 6.02. The Morgan fingerprint density at radius 3 is 2.24 bits per heavy atom. The van der Waals surface area contributed by atoms with Gasteiger partial charge in [0.2, 0.25) is 5.91 Å². The molecule has 5 rings (SSSR count). The lowest BCUT2D eigenvalue weighted by Gasteiger charge is -2.29. The Hall–Kier alpha value is -3.35. The van der Waals surface area contributed by atoms with E-state index in [0.29, 0.717) is 19.3 Å². The summed E-state index contributed by atoms with van der Waals surface area (Å²) in [4.78, 5) is 36.5. The van der Waals surface area contributed by atoms with Crippen LogP contribution in [0.2, 0.25) is 0 Å². The topological polar surface area (TPSA) is 105 Å². The van der Waals surface area contributed by atoms with Gasteiger partial charge in [-0.3, -0.25) is 9.59 Å². The zero-order valence-electron chi connectivity index (χ0n) is 19.1. The van der Waals surface area contributed by atoms with E-state index in [0.717, 1.165) is 19.3 Å². The molecule has 2 saturated carbocycles. The summed E-state index contributed by atoms with van der Waals surface area (Å²) >= 11 is 0. The quantitative estimate of drug-likeness (QED) is 0.576. The van der Waals surface area contributed by atoms with Gasteiger partial charge in [-0.1, -0.05) is 55.0 Å². The number of hydrogen-bond acceptors (Lipinski definition) is 4. The van der Waals surface area contributed by atoms with Gasteiger partial charge < -0.3 is 20.5 Å². The smallest absolute Gasteiger partial charge is 0.407 e. The molecule has 2 atom stereocenters. The molecule has 0 bridgehead atoms. The molecule has 34 heavy (non-hydrogen) atoms. The predicted octanol–water partition coefficient (Wildman–Crippen LogP) is 4.06. The van der Waals surface area contributed by atoms with Crippen molar-refractivity contribution >= 4 is 18.0 Å². The fraction of sp³-hybridized carbons (Fsp3) is 0.444. The molecule has 0 spiro atoms. The summed E-state index contributed by atoms with van der Waals surface area (Å²) < 4.78 is 5.65. The Morgan fingerprint density at radius 1 is 0.971 bits per heavy atom. The molecule has 3 aliphatic rings. The summed E-state index contributed by atoms with van der Waals surface area (Å²) in [5.74, 6) is -1.18. The van der Waals surface area contributed by atoms with Crippen molar-refractivity contribution in [1.82, 2.24) is 10.6 Å². The molecule has 7 heteroatoms. The molecule has 0 aliphatic heterocycles. The third-order valence-corrected chi connectivity index (χ3v) is 7.62. The van der Waals surface area contributed by atoms with Gasteiger partial charge in [-0.05, 0) is 54.4 Å². The van der Waals surface area contributed by atoms with E-state index in [9.17, 15) is 19.5 Å². The van der Waals surface area contributed by atoms with Crippen LogP contribution in [0.1, 0.15) is 55.6 Å². The van der Waals surface area contributed by atoms with E-state index in [4.69, 9.17) is 4.74 Å². The predicted molar refractivity (Wildman–Crippen MR) is 126 cm³/mol. The van der Waals surface area contributed by atoms with Crippen LogP contribution >= 0.6 is 0 Å². The van der Waals surface area contributed by atoms with Crippen LogP contribution in [-0.4, -0.2) is 42.3 Å². The molecule has 3 N–H and O–H groups in total. The fourth-order valence-corrected chi connectivity index (χ4v) is 5.38. The van der Waals surface area contributed by atoms with E-state index in [2.05, 4.69) is 34.9 Å². The van der Waals surface area contributed by atoms with E-state index in [1.54, 1.807) is 0 Å². The third kappa shape index (κ3) is 4.39. The van der Waals surface area contributed by atoms with E-state index in [1.165, 1.54) is 22.3 Å². The summed E-state index contributed by atoms with van der Waals surface area (Å²) in [5, 5.41) is 15.1. The number of carboxylic acids is 1. The van der Waals surface area contributed by atoms with Crippen LogP contribution in [0.25, 0.3) is 11.1 Å². The molecule has 0 saturated heterocycles. The molecular weight excluding hydrogens is 432 g/mol. The van der Waals surface area contributed by atoms with Gasteiger partial charge in [-0.15, -0.1) is 0 Å². The number of hydrogen-bond donors (Lipinski definition) is 3. The highest BCUT2D eigenvalue weighted by atomic mass is 16.5. The van der Waals surface area contributed by atoms with Gasteiger partial charge in [0.15, 0.2) is 0 Å². The van der Waals surface area contributed by atoms with Crippen molar-refractivity contribution in [2.45, 2.75) is 50.5 Å². The Balaban J connectivity index is 1.13. The van der Waals surface area contributed by atoms with Crippen LogP contribution in [0.5, 0.6) is 0 Å². The minimum atomic E-state index is -0.841. The zero-order valence-corrected chi connectivity index (χ0v) is 19.1. The maximum absolute atomic E-state index is 12.6. The molecule has 178 valence electrons. The Bertz CT molecular complexity index is 1060. The first kappa shape index (κ1) is 22.4. The molecular formula is C27H30N2O5. The molecule has 2 amide bonds. The number of carbonyl (C=O) groups excluding carboxylic acids is 2. The highest BCUT2D eigenvalue weighted by Gasteiger charge is 2.50. The maximum Gasteiger partial charge on any atom is 0.407 e. The molecule has 0 heterocycles. The monoisotopic (exact) mass is 462 g/mol. The number of alkyl carbamates (subject to hydrolysis) is 1. The van der Waals surface area contributed by atoms with Crippen molar-refractivity contribution in [3.05, 3.63) is 59.7 Å². The highest BCUT2D eigenvalue weighted by Crippen LogP contribution is 2.45. The number of fused-ring (bicyclic) bond motifs is 3. The minimum absolute atomic E-state index is 0.00649. The lowest BCUT2D eigenvalue weighted by molar-refractivity contribution is -0.143. The standard InChI is InChI=1S/C27H30N2O5/c30-24(28-16-27(12-13-27)25(31)32)17-6-5-7-18(14-17)29-26(33)34-15-23-21-10-3-1-8-19(21)20-9-2-4-11-22(20)23/h1-4,8-11,17-18,23H,5-7,12-16H2,(H,28,30)(H,29,33)(H,31,32)/t17-,18+/m1/s1. The molecule has 7 nitrogen and oxygen atoms in total.